The highest BCUT2D eigenvalue weighted by molar-refractivity contribution is 5.84. The topological polar surface area (TPSA) is 26.3 Å². The lowest BCUT2D eigenvalue weighted by molar-refractivity contribution is -0.129. The van der Waals surface area contributed by atoms with E-state index in [4.69, 9.17) is 4.74 Å². The van der Waals surface area contributed by atoms with Gasteiger partial charge in [-0.05, 0) is 19.1 Å². The summed E-state index contributed by atoms with van der Waals surface area (Å²) in [6, 6.07) is 2.89. The van der Waals surface area contributed by atoms with Crippen molar-refractivity contribution >= 4 is 5.97 Å². The molecule has 4 heteroatoms. The first kappa shape index (κ1) is 12.1. The molecule has 1 rings (SSSR count). The van der Waals surface area contributed by atoms with Crippen LogP contribution in [-0.4, -0.2) is 5.97 Å². The van der Waals surface area contributed by atoms with Gasteiger partial charge in [-0.1, -0.05) is 18.2 Å². The van der Waals surface area contributed by atoms with E-state index in [9.17, 15) is 13.6 Å². The molecule has 0 amide bonds. The van der Waals surface area contributed by atoms with Crippen LogP contribution >= 0.6 is 0 Å². The largest absolute Gasteiger partial charge is 0.423 e. The highest BCUT2D eigenvalue weighted by Gasteiger charge is 2.05. The third-order valence-corrected chi connectivity index (χ3v) is 1.65. The van der Waals surface area contributed by atoms with Gasteiger partial charge < -0.3 is 4.74 Å². The Bertz CT molecular complexity index is 437. The van der Waals surface area contributed by atoms with Crippen molar-refractivity contribution in [3.8, 4) is 5.75 Å². The maximum absolute atomic E-state index is 12.7. The summed E-state index contributed by atoms with van der Waals surface area (Å²) in [5.41, 5.74) is 0. The Labute approximate surface area is 91.8 Å². The molecule has 1 aromatic rings. The number of carbonyl (C=O) groups excluding carboxylic acids is 1. The monoisotopic (exact) mass is 224 g/mol. The first-order valence-electron chi connectivity index (χ1n) is 4.59. The number of ether oxygens (including phenoxy) is 1. The molecule has 1 aromatic carbocycles. The van der Waals surface area contributed by atoms with Gasteiger partial charge in [-0.25, -0.2) is 13.6 Å². The number of hydrogen-bond acceptors (Lipinski definition) is 2. The Morgan fingerprint density at radius 2 is 2.00 bits per heavy atom. The van der Waals surface area contributed by atoms with E-state index in [1.165, 1.54) is 18.2 Å². The van der Waals surface area contributed by atoms with Crippen molar-refractivity contribution in [1.82, 2.24) is 0 Å². The van der Waals surface area contributed by atoms with Crippen molar-refractivity contribution in [1.29, 1.82) is 0 Å². The van der Waals surface area contributed by atoms with Crippen LogP contribution in [0.1, 0.15) is 6.92 Å². The number of carbonyl (C=O) groups is 1. The van der Waals surface area contributed by atoms with E-state index in [2.05, 4.69) is 0 Å². The standard InChI is InChI=1S/C12H10F2O2/c1-2-3-4-5-12(15)16-9-6-7-10(13)11(14)8-9/h2-8H,1H3. The lowest BCUT2D eigenvalue weighted by Gasteiger charge is -2.00. The van der Waals surface area contributed by atoms with Crippen LogP contribution in [0.15, 0.2) is 42.5 Å². The molecule has 84 valence electrons. The molecule has 0 fully saturated rings. The van der Waals surface area contributed by atoms with Crippen molar-refractivity contribution in [2.24, 2.45) is 0 Å². The molecule has 0 saturated heterocycles. The van der Waals surface area contributed by atoms with Crippen LogP contribution in [-0.2, 0) is 4.79 Å². The van der Waals surface area contributed by atoms with Gasteiger partial charge in [0.1, 0.15) is 5.75 Å². The molecule has 0 aliphatic carbocycles. The van der Waals surface area contributed by atoms with Crippen molar-refractivity contribution < 1.29 is 18.3 Å². The highest BCUT2D eigenvalue weighted by atomic mass is 19.2. The summed E-state index contributed by atoms with van der Waals surface area (Å²) < 4.78 is 30.0. The summed E-state index contributed by atoms with van der Waals surface area (Å²) in [4.78, 5) is 11.1. The van der Waals surface area contributed by atoms with E-state index < -0.39 is 17.6 Å². The summed E-state index contributed by atoms with van der Waals surface area (Å²) in [6.45, 7) is 1.80. The first-order chi connectivity index (χ1) is 7.63. The maximum atomic E-state index is 12.7. The Hall–Kier alpha value is -1.97. The van der Waals surface area contributed by atoms with Gasteiger partial charge in [0.15, 0.2) is 11.6 Å². The third-order valence-electron chi connectivity index (χ3n) is 1.65. The number of benzene rings is 1. The average molecular weight is 224 g/mol. The minimum atomic E-state index is -1.05. The van der Waals surface area contributed by atoms with Gasteiger partial charge >= 0.3 is 5.97 Å². The molecular weight excluding hydrogens is 214 g/mol. The Balaban J connectivity index is 2.66. The van der Waals surface area contributed by atoms with Gasteiger partial charge in [-0.3, -0.25) is 0 Å². The number of hydrogen-bond donors (Lipinski definition) is 0. The predicted octanol–water partition coefficient (Wildman–Crippen LogP) is 3.00. The molecule has 0 N–H and O–H groups in total. The van der Waals surface area contributed by atoms with Crippen molar-refractivity contribution in [3.05, 3.63) is 54.1 Å². The Morgan fingerprint density at radius 1 is 1.25 bits per heavy atom. The van der Waals surface area contributed by atoms with Crippen LogP contribution in [0.4, 0.5) is 8.78 Å². The van der Waals surface area contributed by atoms with Gasteiger partial charge in [0.2, 0.25) is 0 Å². The molecule has 16 heavy (non-hydrogen) atoms. The fourth-order valence-electron chi connectivity index (χ4n) is 0.936. The molecule has 0 radical (unpaired) electrons. The molecule has 2 nitrogen and oxygen atoms in total. The molecule has 0 saturated carbocycles. The SMILES string of the molecule is CC=CC=CC(=O)Oc1ccc(F)c(F)c1. The molecule has 0 bridgehead atoms. The second kappa shape index (κ2) is 5.80. The molecule has 0 aromatic heterocycles. The zero-order valence-corrected chi connectivity index (χ0v) is 8.61. The lowest BCUT2D eigenvalue weighted by Crippen LogP contribution is -2.04. The predicted molar refractivity (Wildman–Crippen MR) is 55.9 cm³/mol. The van der Waals surface area contributed by atoms with E-state index in [-0.39, 0.29) is 5.75 Å². The number of rotatable bonds is 3. The highest BCUT2D eigenvalue weighted by Crippen LogP contribution is 2.15. The minimum absolute atomic E-state index is 0.0333. The van der Waals surface area contributed by atoms with E-state index >= 15 is 0 Å². The van der Waals surface area contributed by atoms with Crippen molar-refractivity contribution in [3.63, 3.8) is 0 Å². The second-order valence-electron chi connectivity index (χ2n) is 2.88. The van der Waals surface area contributed by atoms with Crippen LogP contribution in [0.5, 0.6) is 5.75 Å². The maximum Gasteiger partial charge on any atom is 0.336 e. The summed E-state index contributed by atoms with van der Waals surface area (Å²) in [6.07, 6.45) is 6.05. The van der Waals surface area contributed by atoms with E-state index in [1.807, 2.05) is 0 Å². The minimum Gasteiger partial charge on any atom is -0.423 e. The molecular formula is C12H10F2O2. The van der Waals surface area contributed by atoms with Crippen molar-refractivity contribution in [2.75, 3.05) is 0 Å². The Kier molecular flexibility index (Phi) is 4.39. The number of halogens is 2. The molecule has 0 atom stereocenters. The first-order valence-corrected chi connectivity index (χ1v) is 4.59. The fourth-order valence-corrected chi connectivity index (χ4v) is 0.936. The summed E-state index contributed by atoms with van der Waals surface area (Å²) >= 11 is 0. The van der Waals surface area contributed by atoms with Crippen molar-refractivity contribution in [2.45, 2.75) is 6.92 Å². The Morgan fingerprint density at radius 3 is 2.62 bits per heavy atom. The molecule has 0 aliphatic rings. The third kappa shape index (κ3) is 3.65. The molecule has 0 heterocycles. The van der Waals surface area contributed by atoms with Crippen LogP contribution in [0.2, 0.25) is 0 Å². The van der Waals surface area contributed by atoms with E-state index in [0.29, 0.717) is 0 Å². The van der Waals surface area contributed by atoms with E-state index in [0.717, 1.165) is 12.1 Å². The number of esters is 1. The van der Waals surface area contributed by atoms with E-state index in [1.54, 1.807) is 19.1 Å². The van der Waals surface area contributed by atoms with Crippen LogP contribution < -0.4 is 4.74 Å². The average Bonchev–Trinajstić information content (AvgIpc) is 2.24. The smallest absolute Gasteiger partial charge is 0.336 e. The summed E-state index contributed by atoms with van der Waals surface area (Å²) in [5.74, 6) is -2.72. The molecule has 0 unspecified atom stereocenters. The van der Waals surface area contributed by atoms with Gasteiger partial charge in [-0.15, -0.1) is 0 Å². The number of allylic oxidation sites excluding steroid dienone is 3. The van der Waals surface area contributed by atoms with Gasteiger partial charge in [0, 0.05) is 12.1 Å². The van der Waals surface area contributed by atoms with Gasteiger partial charge in [0.25, 0.3) is 0 Å². The zero-order valence-electron chi connectivity index (χ0n) is 8.61. The van der Waals surface area contributed by atoms with Gasteiger partial charge in [0.05, 0.1) is 0 Å². The zero-order chi connectivity index (χ0) is 12.0. The second-order valence-corrected chi connectivity index (χ2v) is 2.88. The molecule has 0 aliphatic heterocycles. The van der Waals surface area contributed by atoms with Crippen LogP contribution in [0.3, 0.4) is 0 Å². The van der Waals surface area contributed by atoms with Crippen LogP contribution in [0.25, 0.3) is 0 Å². The fraction of sp³-hybridized carbons (Fsp3) is 0.0833. The lowest BCUT2D eigenvalue weighted by atomic mass is 10.3. The van der Waals surface area contributed by atoms with Gasteiger partial charge in [-0.2, -0.15) is 0 Å². The summed E-state index contributed by atoms with van der Waals surface area (Å²) in [7, 11) is 0. The quantitative estimate of drug-likeness (QED) is 0.341. The molecule has 0 spiro atoms. The van der Waals surface area contributed by atoms with Crippen LogP contribution in [0, 0.1) is 11.6 Å². The summed E-state index contributed by atoms with van der Waals surface area (Å²) in [5, 5.41) is 0. The normalized spacial score (nSPS) is 11.2.